The van der Waals surface area contributed by atoms with E-state index in [2.05, 4.69) is 0 Å². The van der Waals surface area contributed by atoms with Gasteiger partial charge in [0.25, 0.3) is 0 Å². The van der Waals surface area contributed by atoms with Gasteiger partial charge in [0.05, 0.1) is 5.92 Å². The van der Waals surface area contributed by atoms with Gasteiger partial charge in [0.1, 0.15) is 6.29 Å². The van der Waals surface area contributed by atoms with Crippen LogP contribution in [0.15, 0.2) is 24.3 Å². The molecule has 3 heteroatoms. The van der Waals surface area contributed by atoms with Crippen molar-refractivity contribution in [1.82, 2.24) is 0 Å². The number of rotatable bonds is 3. The maximum absolute atomic E-state index is 11.2. The van der Waals surface area contributed by atoms with Crippen molar-refractivity contribution in [3.05, 3.63) is 35.4 Å². The van der Waals surface area contributed by atoms with E-state index in [1.165, 1.54) is 0 Å². The van der Waals surface area contributed by atoms with Crippen LogP contribution in [0.5, 0.6) is 0 Å². The molecule has 0 amide bonds. The summed E-state index contributed by atoms with van der Waals surface area (Å²) in [6.45, 7) is 0. The van der Waals surface area contributed by atoms with Crippen molar-refractivity contribution in [3.8, 4) is 0 Å². The number of carboxylic acid groups (broad SMARTS) is 1. The highest BCUT2D eigenvalue weighted by molar-refractivity contribution is 5.75. The molecule has 0 bridgehead atoms. The lowest BCUT2D eigenvalue weighted by molar-refractivity contribution is -0.143. The predicted octanol–water partition coefficient (Wildman–Crippen LogP) is 2.86. The SMILES string of the molecule is O=Cc1ccc([C@H]2CCCC[C@@H]2C(=O)O)cc1. The van der Waals surface area contributed by atoms with E-state index in [1.54, 1.807) is 12.1 Å². The summed E-state index contributed by atoms with van der Waals surface area (Å²) < 4.78 is 0. The van der Waals surface area contributed by atoms with E-state index in [-0.39, 0.29) is 11.8 Å². The van der Waals surface area contributed by atoms with E-state index in [4.69, 9.17) is 0 Å². The number of carbonyl (C=O) groups excluding carboxylic acids is 1. The van der Waals surface area contributed by atoms with Crippen molar-refractivity contribution in [2.45, 2.75) is 31.6 Å². The Morgan fingerprint density at radius 1 is 1.18 bits per heavy atom. The summed E-state index contributed by atoms with van der Waals surface area (Å²) in [5.41, 5.74) is 1.68. The third-order valence-corrected chi connectivity index (χ3v) is 3.58. The molecule has 1 aromatic carbocycles. The van der Waals surface area contributed by atoms with Gasteiger partial charge in [-0.3, -0.25) is 9.59 Å². The van der Waals surface area contributed by atoms with Crippen LogP contribution in [0.4, 0.5) is 0 Å². The molecule has 90 valence electrons. The van der Waals surface area contributed by atoms with Gasteiger partial charge >= 0.3 is 5.97 Å². The molecule has 0 aliphatic heterocycles. The Kier molecular flexibility index (Phi) is 3.57. The van der Waals surface area contributed by atoms with Crippen LogP contribution in [0, 0.1) is 5.92 Å². The molecule has 2 rings (SSSR count). The van der Waals surface area contributed by atoms with Gasteiger partial charge in [0.2, 0.25) is 0 Å². The number of benzene rings is 1. The Morgan fingerprint density at radius 2 is 1.82 bits per heavy atom. The summed E-state index contributed by atoms with van der Waals surface area (Å²) in [4.78, 5) is 21.8. The lowest BCUT2D eigenvalue weighted by Gasteiger charge is -2.28. The van der Waals surface area contributed by atoms with Crippen LogP contribution in [0.25, 0.3) is 0 Å². The normalized spacial score (nSPS) is 24.2. The summed E-state index contributed by atoms with van der Waals surface area (Å²) in [5, 5.41) is 9.21. The first-order valence-electron chi connectivity index (χ1n) is 6.00. The highest BCUT2D eigenvalue weighted by atomic mass is 16.4. The summed E-state index contributed by atoms with van der Waals surface area (Å²) in [6, 6.07) is 7.29. The van der Waals surface area contributed by atoms with Gasteiger partial charge in [0, 0.05) is 5.56 Å². The smallest absolute Gasteiger partial charge is 0.307 e. The molecule has 1 fully saturated rings. The van der Waals surface area contributed by atoms with Gasteiger partial charge in [-0.1, -0.05) is 37.1 Å². The Labute approximate surface area is 100 Å². The van der Waals surface area contributed by atoms with Gasteiger partial charge < -0.3 is 5.11 Å². The van der Waals surface area contributed by atoms with Crippen LogP contribution < -0.4 is 0 Å². The molecule has 0 heterocycles. The van der Waals surface area contributed by atoms with Crippen molar-refractivity contribution in [2.24, 2.45) is 5.92 Å². The second kappa shape index (κ2) is 5.13. The van der Waals surface area contributed by atoms with Gasteiger partial charge in [-0.2, -0.15) is 0 Å². The summed E-state index contributed by atoms with van der Waals surface area (Å²) in [7, 11) is 0. The fraction of sp³-hybridized carbons (Fsp3) is 0.429. The lowest BCUT2D eigenvalue weighted by Crippen LogP contribution is -2.25. The third-order valence-electron chi connectivity index (χ3n) is 3.58. The predicted molar refractivity (Wildman–Crippen MR) is 64.2 cm³/mol. The van der Waals surface area contributed by atoms with Crippen molar-refractivity contribution in [2.75, 3.05) is 0 Å². The van der Waals surface area contributed by atoms with Crippen LogP contribution in [0.1, 0.15) is 47.5 Å². The molecule has 1 N–H and O–H groups in total. The monoisotopic (exact) mass is 232 g/mol. The third kappa shape index (κ3) is 2.54. The van der Waals surface area contributed by atoms with Crippen LogP contribution in [-0.4, -0.2) is 17.4 Å². The maximum Gasteiger partial charge on any atom is 0.307 e. The zero-order valence-electron chi connectivity index (χ0n) is 9.63. The summed E-state index contributed by atoms with van der Waals surface area (Å²) in [6.07, 6.45) is 4.58. The van der Waals surface area contributed by atoms with Crippen LogP contribution in [0.2, 0.25) is 0 Å². The van der Waals surface area contributed by atoms with Crippen LogP contribution in [0.3, 0.4) is 0 Å². The zero-order valence-corrected chi connectivity index (χ0v) is 9.63. The summed E-state index contributed by atoms with van der Waals surface area (Å²) >= 11 is 0. The van der Waals surface area contributed by atoms with E-state index < -0.39 is 5.97 Å². The largest absolute Gasteiger partial charge is 0.481 e. The number of hydrogen-bond acceptors (Lipinski definition) is 2. The molecule has 0 radical (unpaired) electrons. The van der Waals surface area contributed by atoms with Crippen molar-refractivity contribution in [3.63, 3.8) is 0 Å². The van der Waals surface area contributed by atoms with Crippen LogP contribution in [-0.2, 0) is 4.79 Å². The van der Waals surface area contributed by atoms with E-state index in [9.17, 15) is 14.7 Å². The van der Waals surface area contributed by atoms with Crippen molar-refractivity contribution >= 4 is 12.3 Å². The fourth-order valence-electron chi connectivity index (χ4n) is 2.65. The van der Waals surface area contributed by atoms with Crippen molar-refractivity contribution < 1.29 is 14.7 Å². The lowest BCUT2D eigenvalue weighted by atomic mass is 9.75. The zero-order chi connectivity index (χ0) is 12.3. The molecule has 1 aliphatic rings. The molecule has 17 heavy (non-hydrogen) atoms. The Morgan fingerprint density at radius 3 is 2.41 bits per heavy atom. The second-order valence-electron chi connectivity index (χ2n) is 4.62. The number of aldehydes is 1. The Bertz CT molecular complexity index is 408. The molecule has 0 saturated heterocycles. The molecule has 1 saturated carbocycles. The topological polar surface area (TPSA) is 54.4 Å². The van der Waals surface area contributed by atoms with Gasteiger partial charge in [-0.15, -0.1) is 0 Å². The second-order valence-corrected chi connectivity index (χ2v) is 4.62. The van der Waals surface area contributed by atoms with Crippen molar-refractivity contribution in [1.29, 1.82) is 0 Å². The Balaban J connectivity index is 2.23. The first-order chi connectivity index (χ1) is 8.22. The number of carbonyl (C=O) groups is 2. The average molecular weight is 232 g/mol. The van der Waals surface area contributed by atoms with E-state index in [0.717, 1.165) is 37.5 Å². The number of hydrogen-bond donors (Lipinski definition) is 1. The highest BCUT2D eigenvalue weighted by Gasteiger charge is 2.31. The molecule has 0 aromatic heterocycles. The van der Waals surface area contributed by atoms with E-state index in [0.29, 0.717) is 5.56 Å². The minimum absolute atomic E-state index is 0.0990. The Hall–Kier alpha value is -1.64. The fourth-order valence-corrected chi connectivity index (χ4v) is 2.65. The molecule has 1 aromatic rings. The molecule has 0 spiro atoms. The quantitative estimate of drug-likeness (QED) is 0.815. The molecule has 1 aliphatic carbocycles. The van der Waals surface area contributed by atoms with Gasteiger partial charge in [-0.05, 0) is 24.3 Å². The highest BCUT2D eigenvalue weighted by Crippen LogP contribution is 2.37. The van der Waals surface area contributed by atoms with Gasteiger partial charge in [0.15, 0.2) is 0 Å². The minimum Gasteiger partial charge on any atom is -0.481 e. The van der Waals surface area contributed by atoms with Crippen LogP contribution >= 0.6 is 0 Å². The molecule has 0 unspecified atom stereocenters. The standard InChI is InChI=1S/C14H16O3/c15-9-10-5-7-11(8-6-10)12-3-1-2-4-13(12)14(16)17/h5-9,12-13H,1-4H2,(H,16,17)/t12-,13+/m1/s1. The minimum atomic E-state index is -0.700. The molecular formula is C14H16O3. The maximum atomic E-state index is 11.2. The first kappa shape index (κ1) is 11.8. The number of aliphatic carboxylic acids is 1. The molecule has 2 atom stereocenters. The van der Waals surface area contributed by atoms with E-state index in [1.807, 2.05) is 12.1 Å². The average Bonchev–Trinajstić information content (AvgIpc) is 2.39. The molecule has 3 nitrogen and oxygen atoms in total. The molecular weight excluding hydrogens is 216 g/mol. The van der Waals surface area contributed by atoms with Gasteiger partial charge in [-0.25, -0.2) is 0 Å². The number of carboxylic acids is 1. The summed E-state index contributed by atoms with van der Waals surface area (Å²) in [5.74, 6) is -0.873. The van der Waals surface area contributed by atoms with E-state index >= 15 is 0 Å². The first-order valence-corrected chi connectivity index (χ1v) is 6.00.